The van der Waals surface area contributed by atoms with Gasteiger partial charge >= 0.3 is 0 Å². The molecule has 1 aromatic rings. The molecule has 0 amide bonds. The Labute approximate surface area is 111 Å². The van der Waals surface area contributed by atoms with Crippen molar-refractivity contribution in [3.8, 4) is 0 Å². The third kappa shape index (κ3) is 3.92. The van der Waals surface area contributed by atoms with Gasteiger partial charge in [0.1, 0.15) is 0 Å². The molecule has 1 rings (SSSR count). The molecule has 2 heteroatoms. The summed E-state index contributed by atoms with van der Waals surface area (Å²) >= 11 is 6.03. The average molecular weight is 254 g/mol. The van der Waals surface area contributed by atoms with E-state index in [4.69, 9.17) is 11.6 Å². The van der Waals surface area contributed by atoms with Crippen LogP contribution in [-0.2, 0) is 5.88 Å². The van der Waals surface area contributed by atoms with Crippen LogP contribution in [0.5, 0.6) is 0 Å². The zero-order chi connectivity index (χ0) is 12.7. The summed E-state index contributed by atoms with van der Waals surface area (Å²) in [6.07, 6.45) is 3.64. The number of halogens is 1. The third-order valence-corrected chi connectivity index (χ3v) is 3.61. The van der Waals surface area contributed by atoms with E-state index in [-0.39, 0.29) is 0 Å². The van der Waals surface area contributed by atoms with Crippen molar-refractivity contribution in [1.29, 1.82) is 0 Å². The average Bonchev–Trinajstić information content (AvgIpc) is 2.39. The van der Waals surface area contributed by atoms with Crippen LogP contribution in [-0.4, -0.2) is 12.6 Å². The van der Waals surface area contributed by atoms with E-state index in [1.165, 1.54) is 30.5 Å². The van der Waals surface area contributed by atoms with E-state index in [2.05, 4.69) is 49.9 Å². The van der Waals surface area contributed by atoms with E-state index in [0.717, 1.165) is 6.54 Å². The molecule has 0 fully saturated rings. The van der Waals surface area contributed by atoms with E-state index in [0.29, 0.717) is 11.9 Å². The molecule has 1 nitrogen and oxygen atoms in total. The topological polar surface area (TPSA) is 3.24 Å². The second-order valence-corrected chi connectivity index (χ2v) is 4.83. The van der Waals surface area contributed by atoms with Gasteiger partial charge in [0.05, 0.1) is 0 Å². The largest absolute Gasteiger partial charge is 0.369 e. The number of anilines is 1. The van der Waals surface area contributed by atoms with E-state index < -0.39 is 0 Å². The molecular weight excluding hydrogens is 230 g/mol. The smallest absolute Gasteiger partial charge is 0.0494 e. The summed E-state index contributed by atoms with van der Waals surface area (Å²) in [4.78, 5) is 2.50. The SMILES string of the molecule is CCCCN(c1ccccc1CCl)C(C)CC. The number of benzene rings is 1. The lowest BCUT2D eigenvalue weighted by Gasteiger charge is -2.32. The van der Waals surface area contributed by atoms with Crippen molar-refractivity contribution in [2.75, 3.05) is 11.4 Å². The molecule has 0 aliphatic heterocycles. The normalized spacial score (nSPS) is 12.5. The molecule has 1 aromatic carbocycles. The highest BCUT2D eigenvalue weighted by atomic mass is 35.5. The zero-order valence-electron chi connectivity index (χ0n) is 11.2. The van der Waals surface area contributed by atoms with Crippen molar-refractivity contribution in [3.63, 3.8) is 0 Å². The van der Waals surface area contributed by atoms with Gasteiger partial charge in [-0.25, -0.2) is 0 Å². The van der Waals surface area contributed by atoms with Gasteiger partial charge < -0.3 is 4.90 Å². The molecule has 0 aliphatic carbocycles. The Balaban J connectivity index is 2.94. The van der Waals surface area contributed by atoms with E-state index in [9.17, 15) is 0 Å². The van der Waals surface area contributed by atoms with Crippen molar-refractivity contribution >= 4 is 17.3 Å². The first kappa shape index (κ1) is 14.4. The second kappa shape index (κ2) is 7.60. The quantitative estimate of drug-likeness (QED) is 0.629. The molecule has 0 radical (unpaired) electrons. The van der Waals surface area contributed by atoms with Gasteiger partial charge in [0.25, 0.3) is 0 Å². The summed E-state index contributed by atoms with van der Waals surface area (Å²) in [5, 5.41) is 0. The Bertz CT molecular complexity index is 324. The predicted molar refractivity (Wildman–Crippen MR) is 78.0 cm³/mol. The van der Waals surface area contributed by atoms with Crippen molar-refractivity contribution in [2.45, 2.75) is 52.0 Å². The Morgan fingerprint density at radius 3 is 2.53 bits per heavy atom. The molecule has 0 saturated heterocycles. The molecule has 1 atom stereocenters. The van der Waals surface area contributed by atoms with Crippen molar-refractivity contribution < 1.29 is 0 Å². The van der Waals surface area contributed by atoms with Gasteiger partial charge in [-0.05, 0) is 31.4 Å². The minimum atomic E-state index is 0.575. The van der Waals surface area contributed by atoms with Crippen molar-refractivity contribution in [2.24, 2.45) is 0 Å². The molecule has 0 heterocycles. The van der Waals surface area contributed by atoms with Crippen LogP contribution in [0.1, 0.15) is 45.6 Å². The fourth-order valence-corrected chi connectivity index (χ4v) is 2.26. The number of para-hydroxylation sites is 1. The van der Waals surface area contributed by atoms with Crippen LogP contribution in [0.2, 0.25) is 0 Å². The van der Waals surface area contributed by atoms with Gasteiger partial charge in [0.2, 0.25) is 0 Å². The number of hydrogen-bond acceptors (Lipinski definition) is 1. The molecular formula is C15H24ClN. The first-order valence-electron chi connectivity index (χ1n) is 6.65. The van der Waals surface area contributed by atoms with Crippen LogP contribution >= 0.6 is 11.6 Å². The van der Waals surface area contributed by atoms with E-state index in [1.807, 2.05) is 0 Å². The molecule has 0 aromatic heterocycles. The van der Waals surface area contributed by atoms with Gasteiger partial charge in [-0.15, -0.1) is 11.6 Å². The van der Waals surface area contributed by atoms with E-state index >= 15 is 0 Å². The van der Waals surface area contributed by atoms with Gasteiger partial charge in [0, 0.05) is 24.2 Å². The van der Waals surface area contributed by atoms with Crippen molar-refractivity contribution in [3.05, 3.63) is 29.8 Å². The maximum absolute atomic E-state index is 6.03. The fourth-order valence-electron chi connectivity index (χ4n) is 2.03. The van der Waals surface area contributed by atoms with E-state index in [1.54, 1.807) is 0 Å². The monoisotopic (exact) mass is 253 g/mol. The standard InChI is InChI=1S/C15H24ClN/c1-4-6-11-17(13(3)5-2)15-10-8-7-9-14(15)12-16/h7-10,13H,4-6,11-12H2,1-3H3. The van der Waals surface area contributed by atoms with Gasteiger partial charge in [-0.1, -0.05) is 38.5 Å². The molecule has 0 bridgehead atoms. The van der Waals surface area contributed by atoms with Crippen LogP contribution in [0, 0.1) is 0 Å². The van der Waals surface area contributed by atoms with Crippen LogP contribution < -0.4 is 4.90 Å². The minimum Gasteiger partial charge on any atom is -0.369 e. The van der Waals surface area contributed by atoms with Gasteiger partial charge in [-0.2, -0.15) is 0 Å². The number of alkyl halides is 1. The van der Waals surface area contributed by atoms with Crippen LogP contribution in [0.15, 0.2) is 24.3 Å². The number of hydrogen-bond donors (Lipinski definition) is 0. The second-order valence-electron chi connectivity index (χ2n) is 4.57. The Kier molecular flexibility index (Phi) is 6.43. The summed E-state index contributed by atoms with van der Waals surface area (Å²) in [6.45, 7) is 7.90. The highest BCUT2D eigenvalue weighted by molar-refractivity contribution is 6.17. The summed E-state index contributed by atoms with van der Waals surface area (Å²) in [5.41, 5.74) is 2.55. The fraction of sp³-hybridized carbons (Fsp3) is 0.600. The Morgan fingerprint density at radius 2 is 1.94 bits per heavy atom. The zero-order valence-corrected chi connectivity index (χ0v) is 12.0. The summed E-state index contributed by atoms with van der Waals surface area (Å²) in [6, 6.07) is 9.07. The maximum Gasteiger partial charge on any atom is 0.0494 e. The molecule has 0 spiro atoms. The van der Waals surface area contributed by atoms with Crippen molar-refractivity contribution in [1.82, 2.24) is 0 Å². The first-order valence-corrected chi connectivity index (χ1v) is 7.18. The number of nitrogens with zero attached hydrogens (tertiary/aromatic N) is 1. The molecule has 0 N–H and O–H groups in total. The lowest BCUT2D eigenvalue weighted by atomic mass is 10.1. The molecule has 0 saturated carbocycles. The lowest BCUT2D eigenvalue weighted by Crippen LogP contribution is -2.34. The number of unbranched alkanes of at least 4 members (excludes halogenated alkanes) is 1. The summed E-state index contributed by atoms with van der Waals surface area (Å²) < 4.78 is 0. The Hall–Kier alpha value is -0.690. The molecule has 1 unspecified atom stereocenters. The molecule has 0 aliphatic rings. The van der Waals surface area contributed by atoms with Crippen LogP contribution in [0.3, 0.4) is 0 Å². The van der Waals surface area contributed by atoms with Crippen LogP contribution in [0.4, 0.5) is 5.69 Å². The first-order chi connectivity index (χ1) is 8.24. The highest BCUT2D eigenvalue weighted by Crippen LogP contribution is 2.25. The highest BCUT2D eigenvalue weighted by Gasteiger charge is 2.14. The van der Waals surface area contributed by atoms with Crippen LogP contribution in [0.25, 0.3) is 0 Å². The Morgan fingerprint density at radius 1 is 1.24 bits per heavy atom. The third-order valence-electron chi connectivity index (χ3n) is 3.32. The number of rotatable bonds is 7. The molecule has 96 valence electrons. The van der Waals surface area contributed by atoms with Gasteiger partial charge in [-0.3, -0.25) is 0 Å². The predicted octanol–water partition coefficient (Wildman–Crippen LogP) is 4.83. The maximum atomic E-state index is 6.03. The van der Waals surface area contributed by atoms with Gasteiger partial charge in [0.15, 0.2) is 0 Å². The molecule has 17 heavy (non-hydrogen) atoms. The lowest BCUT2D eigenvalue weighted by molar-refractivity contribution is 0.594. The summed E-state index contributed by atoms with van der Waals surface area (Å²) in [7, 11) is 0. The minimum absolute atomic E-state index is 0.575. The summed E-state index contributed by atoms with van der Waals surface area (Å²) in [5.74, 6) is 0.592.